The van der Waals surface area contributed by atoms with Crippen LogP contribution < -0.4 is 11.1 Å². The predicted octanol–water partition coefficient (Wildman–Crippen LogP) is 4.17. The summed E-state index contributed by atoms with van der Waals surface area (Å²) in [5.74, 6) is 0. The van der Waals surface area contributed by atoms with E-state index in [0.29, 0.717) is 6.54 Å². The van der Waals surface area contributed by atoms with Gasteiger partial charge in [0.1, 0.15) is 0 Å². The van der Waals surface area contributed by atoms with Crippen LogP contribution in [0.25, 0.3) is 0 Å². The van der Waals surface area contributed by atoms with Gasteiger partial charge in [0.15, 0.2) is 0 Å². The first-order chi connectivity index (χ1) is 8.70. The van der Waals surface area contributed by atoms with Crippen LogP contribution in [-0.2, 0) is 0 Å². The van der Waals surface area contributed by atoms with E-state index in [9.17, 15) is 0 Å². The van der Waals surface area contributed by atoms with Gasteiger partial charge in [-0.25, -0.2) is 0 Å². The van der Waals surface area contributed by atoms with E-state index in [1.807, 2.05) is 24.3 Å². The van der Waals surface area contributed by atoms with Gasteiger partial charge in [-0.2, -0.15) is 0 Å². The molecule has 2 nitrogen and oxygen atoms in total. The molecule has 2 rings (SSSR count). The molecular weight excluding hydrogens is 403 g/mol. The Labute approximate surface area is 129 Å². The third-order valence-corrected chi connectivity index (χ3v) is 4.12. The number of hydrogen-bond donors (Lipinski definition) is 2. The fourth-order valence-electron chi connectivity index (χ4n) is 1.74. The summed E-state index contributed by atoms with van der Waals surface area (Å²) in [6.45, 7) is 0.557. The number of nitrogens with one attached hydrogen (secondary N) is 1. The molecule has 0 fully saturated rings. The lowest BCUT2D eigenvalue weighted by Gasteiger charge is -2.19. The lowest BCUT2D eigenvalue weighted by molar-refractivity contribution is 0.789. The molecule has 0 heterocycles. The van der Waals surface area contributed by atoms with Gasteiger partial charge >= 0.3 is 0 Å². The van der Waals surface area contributed by atoms with Crippen LogP contribution in [0, 0.1) is 3.57 Å². The number of anilines is 1. The largest absolute Gasteiger partial charge is 0.376 e. The van der Waals surface area contributed by atoms with Crippen molar-refractivity contribution in [3.8, 4) is 0 Å². The number of para-hydroxylation sites is 1. The van der Waals surface area contributed by atoms with Gasteiger partial charge in [-0.1, -0.05) is 24.3 Å². The Morgan fingerprint density at radius 2 is 1.78 bits per heavy atom. The van der Waals surface area contributed by atoms with Gasteiger partial charge in [0.05, 0.1) is 6.04 Å². The zero-order valence-electron chi connectivity index (χ0n) is 9.74. The van der Waals surface area contributed by atoms with Gasteiger partial charge in [-0.05, 0) is 68.3 Å². The lowest BCUT2D eigenvalue weighted by atomic mass is 10.1. The summed E-state index contributed by atoms with van der Waals surface area (Å²) < 4.78 is 2.28. The number of nitrogens with two attached hydrogens (primary N) is 1. The van der Waals surface area contributed by atoms with E-state index < -0.39 is 0 Å². The van der Waals surface area contributed by atoms with Crippen LogP contribution in [0.4, 0.5) is 5.69 Å². The molecule has 0 bridgehead atoms. The van der Waals surface area contributed by atoms with E-state index in [-0.39, 0.29) is 6.04 Å². The number of rotatable bonds is 4. The first kappa shape index (κ1) is 13.8. The van der Waals surface area contributed by atoms with Gasteiger partial charge in [-0.15, -0.1) is 0 Å². The second-order valence-electron chi connectivity index (χ2n) is 3.96. The first-order valence-electron chi connectivity index (χ1n) is 5.67. The molecule has 0 aromatic heterocycles. The molecule has 2 aromatic carbocycles. The average molecular weight is 417 g/mol. The highest BCUT2D eigenvalue weighted by atomic mass is 127. The van der Waals surface area contributed by atoms with E-state index in [0.717, 1.165) is 10.2 Å². The Bertz CT molecular complexity index is 513. The fraction of sp³-hybridized carbons (Fsp3) is 0.143. The van der Waals surface area contributed by atoms with Crippen molar-refractivity contribution in [3.05, 3.63) is 62.1 Å². The van der Waals surface area contributed by atoms with Crippen molar-refractivity contribution in [1.82, 2.24) is 0 Å². The van der Waals surface area contributed by atoms with Crippen molar-refractivity contribution in [2.24, 2.45) is 5.73 Å². The topological polar surface area (TPSA) is 38.0 Å². The number of hydrogen-bond acceptors (Lipinski definition) is 2. The van der Waals surface area contributed by atoms with Gasteiger partial charge in [-0.3, -0.25) is 0 Å². The van der Waals surface area contributed by atoms with E-state index in [4.69, 9.17) is 5.73 Å². The molecule has 1 atom stereocenters. The summed E-state index contributed by atoms with van der Waals surface area (Å²) in [6, 6.07) is 16.6. The van der Waals surface area contributed by atoms with Gasteiger partial charge < -0.3 is 11.1 Å². The third kappa shape index (κ3) is 3.46. The summed E-state index contributed by atoms with van der Waals surface area (Å²) in [5, 5.41) is 3.46. The summed E-state index contributed by atoms with van der Waals surface area (Å²) in [4.78, 5) is 0. The first-order valence-corrected chi connectivity index (χ1v) is 7.54. The molecule has 2 aromatic rings. The van der Waals surface area contributed by atoms with E-state index in [2.05, 4.69) is 68.1 Å². The molecule has 0 spiro atoms. The smallest absolute Gasteiger partial charge is 0.0636 e. The Morgan fingerprint density at radius 3 is 2.39 bits per heavy atom. The molecule has 3 N–H and O–H groups in total. The molecule has 0 saturated carbocycles. The van der Waals surface area contributed by atoms with E-state index >= 15 is 0 Å². The van der Waals surface area contributed by atoms with Gasteiger partial charge in [0.2, 0.25) is 0 Å². The average Bonchev–Trinajstić information content (AvgIpc) is 2.39. The summed E-state index contributed by atoms with van der Waals surface area (Å²) in [5.41, 5.74) is 8.13. The zero-order chi connectivity index (χ0) is 13.0. The minimum Gasteiger partial charge on any atom is -0.376 e. The molecule has 0 amide bonds. The minimum atomic E-state index is 0.126. The highest BCUT2D eigenvalue weighted by Gasteiger charge is 2.10. The van der Waals surface area contributed by atoms with Crippen molar-refractivity contribution < 1.29 is 0 Å². The molecule has 0 radical (unpaired) electrons. The van der Waals surface area contributed by atoms with Gasteiger partial charge in [0, 0.05) is 20.3 Å². The fourth-order valence-corrected chi connectivity index (χ4v) is 2.50. The van der Waals surface area contributed by atoms with Crippen molar-refractivity contribution in [1.29, 1.82) is 0 Å². The van der Waals surface area contributed by atoms with Crippen molar-refractivity contribution >= 4 is 44.2 Å². The number of halogens is 2. The Balaban J connectivity index is 2.20. The lowest BCUT2D eigenvalue weighted by Crippen LogP contribution is -2.20. The minimum absolute atomic E-state index is 0.126. The highest BCUT2D eigenvalue weighted by Crippen LogP contribution is 2.26. The van der Waals surface area contributed by atoms with Crippen molar-refractivity contribution in [2.75, 3.05) is 11.9 Å². The van der Waals surface area contributed by atoms with Crippen LogP contribution in [0.2, 0.25) is 0 Å². The highest BCUT2D eigenvalue weighted by molar-refractivity contribution is 14.1. The number of benzene rings is 2. The van der Waals surface area contributed by atoms with E-state index in [1.165, 1.54) is 9.13 Å². The quantitative estimate of drug-likeness (QED) is 0.734. The zero-order valence-corrected chi connectivity index (χ0v) is 13.5. The van der Waals surface area contributed by atoms with E-state index in [1.54, 1.807) is 0 Å². The van der Waals surface area contributed by atoms with Crippen molar-refractivity contribution in [3.63, 3.8) is 0 Å². The van der Waals surface area contributed by atoms with Crippen LogP contribution in [-0.4, -0.2) is 6.54 Å². The molecule has 0 aliphatic carbocycles. The molecular formula is C14H14BrIN2. The predicted molar refractivity (Wildman–Crippen MR) is 88.7 cm³/mol. The summed E-state index contributed by atoms with van der Waals surface area (Å²) in [7, 11) is 0. The third-order valence-electron chi connectivity index (χ3n) is 2.71. The summed E-state index contributed by atoms with van der Waals surface area (Å²) >= 11 is 5.84. The Kier molecular flexibility index (Phi) is 5.03. The summed E-state index contributed by atoms with van der Waals surface area (Å²) in [6.07, 6.45) is 0. The molecule has 94 valence electrons. The second kappa shape index (κ2) is 6.54. The van der Waals surface area contributed by atoms with Crippen LogP contribution in [0.1, 0.15) is 11.6 Å². The Hall–Kier alpha value is -0.590. The van der Waals surface area contributed by atoms with Crippen LogP contribution in [0.5, 0.6) is 0 Å². The molecule has 18 heavy (non-hydrogen) atoms. The second-order valence-corrected chi connectivity index (χ2v) is 6.06. The van der Waals surface area contributed by atoms with Gasteiger partial charge in [0.25, 0.3) is 0 Å². The Morgan fingerprint density at radius 1 is 1.11 bits per heavy atom. The molecule has 0 saturated heterocycles. The maximum Gasteiger partial charge on any atom is 0.0636 e. The SMILES string of the molecule is NCC(Nc1ccccc1Br)c1ccc(I)cc1. The van der Waals surface area contributed by atoms with Crippen molar-refractivity contribution in [2.45, 2.75) is 6.04 Å². The molecule has 1 unspecified atom stereocenters. The molecule has 4 heteroatoms. The maximum atomic E-state index is 5.86. The standard InChI is InChI=1S/C14H14BrIN2/c15-12-3-1-2-4-13(12)18-14(9-17)10-5-7-11(16)8-6-10/h1-8,14,18H,9,17H2. The molecule has 0 aliphatic heterocycles. The molecule has 0 aliphatic rings. The van der Waals surface area contributed by atoms with Crippen LogP contribution in [0.3, 0.4) is 0 Å². The monoisotopic (exact) mass is 416 g/mol. The van der Waals surface area contributed by atoms with Crippen LogP contribution >= 0.6 is 38.5 Å². The normalized spacial score (nSPS) is 12.2. The van der Waals surface area contributed by atoms with Crippen LogP contribution in [0.15, 0.2) is 53.0 Å². The maximum absolute atomic E-state index is 5.86.